The van der Waals surface area contributed by atoms with Crippen LogP contribution in [0.15, 0.2) is 47.2 Å². The number of ether oxygens (including phenoxy) is 4. The Morgan fingerprint density at radius 1 is 0.360 bits per heavy atom. The molecule has 0 aliphatic heterocycles. The zero-order valence-electron chi connectivity index (χ0n) is 55.2. The molecule has 0 saturated carbocycles. The third-order valence-electron chi connectivity index (χ3n) is 18.8. The van der Waals surface area contributed by atoms with E-state index in [0.717, 1.165) is 94.5 Å². The van der Waals surface area contributed by atoms with Crippen molar-refractivity contribution >= 4 is 96.7 Å². The molecule has 3 aromatic carbocycles. The number of hydrogen-bond acceptors (Lipinski definition) is 10. The number of rotatable bonds is 45. The first-order chi connectivity index (χ1) is 42.3. The fraction of sp³-hybridized carbons (Fsp3) is 0.653. The SMILES string of the molecule is CCCCCCCCC(CCCCCCCC)n1nc2c(-c3cc4c(OCC(CC)CCCC)c5sccc5c(OCC(CC)CCCC)c4s3)ccc(-c3cc4c(OCC(CC)CCCC)c5sccc5c(OCC(CC)CCCC)c4s3)c2n1. The van der Waals surface area contributed by atoms with Gasteiger partial charge < -0.3 is 18.9 Å². The van der Waals surface area contributed by atoms with Gasteiger partial charge in [0.1, 0.15) is 34.0 Å². The third kappa shape index (κ3) is 17.5. The second-order valence-corrected chi connectivity index (χ2v) is 29.3. The highest BCUT2D eigenvalue weighted by atomic mass is 32.1. The average Bonchev–Trinajstić information content (AvgIpc) is 1.65. The van der Waals surface area contributed by atoms with E-state index in [-0.39, 0.29) is 6.04 Å². The molecule has 0 spiro atoms. The Balaban J connectivity index is 1.32. The molecule has 11 heteroatoms. The van der Waals surface area contributed by atoms with Crippen molar-refractivity contribution in [3.63, 3.8) is 0 Å². The minimum atomic E-state index is 0.223. The summed E-state index contributed by atoms with van der Waals surface area (Å²) in [6.45, 7) is 26.0. The first-order valence-electron chi connectivity index (χ1n) is 35.1. The van der Waals surface area contributed by atoms with Gasteiger partial charge in [-0.05, 0) is 97.2 Å². The Morgan fingerprint density at radius 2 is 0.686 bits per heavy atom. The van der Waals surface area contributed by atoms with Crippen LogP contribution < -0.4 is 18.9 Å². The monoisotopic (exact) mass is 1250 g/mol. The lowest BCUT2D eigenvalue weighted by atomic mass is 10.0. The molecule has 5 heterocycles. The number of nitrogens with zero attached hydrogens (tertiary/aromatic N) is 3. The second-order valence-electron chi connectivity index (χ2n) is 25.4. The van der Waals surface area contributed by atoms with Gasteiger partial charge in [-0.2, -0.15) is 15.0 Å². The molecule has 0 N–H and O–H groups in total. The zero-order chi connectivity index (χ0) is 60.6. The summed E-state index contributed by atoms with van der Waals surface area (Å²) in [5, 5.41) is 20.7. The van der Waals surface area contributed by atoms with Crippen molar-refractivity contribution in [3.05, 3.63) is 47.2 Å². The van der Waals surface area contributed by atoms with Crippen LogP contribution in [0, 0.1) is 23.7 Å². The van der Waals surface area contributed by atoms with Crippen LogP contribution in [0.5, 0.6) is 23.0 Å². The van der Waals surface area contributed by atoms with Crippen LogP contribution in [0.1, 0.15) is 268 Å². The summed E-state index contributed by atoms with van der Waals surface area (Å²) < 4.78 is 33.4. The van der Waals surface area contributed by atoms with Crippen molar-refractivity contribution in [1.29, 1.82) is 0 Å². The van der Waals surface area contributed by atoms with E-state index in [0.29, 0.717) is 50.1 Å². The molecule has 4 unspecified atom stereocenters. The van der Waals surface area contributed by atoms with Crippen LogP contribution >= 0.6 is 45.3 Å². The van der Waals surface area contributed by atoms with E-state index in [1.807, 2.05) is 22.7 Å². The fourth-order valence-corrected chi connectivity index (χ4v) is 17.0. The summed E-state index contributed by atoms with van der Waals surface area (Å²) in [5.41, 5.74) is 4.21. The Bertz CT molecular complexity index is 2880. The number of aromatic nitrogens is 3. The molecular weight excluding hydrogens is 1140 g/mol. The molecule has 86 heavy (non-hydrogen) atoms. The van der Waals surface area contributed by atoms with Crippen LogP contribution in [0.3, 0.4) is 0 Å². The van der Waals surface area contributed by atoms with Gasteiger partial charge in [0.2, 0.25) is 0 Å². The Labute approximate surface area is 536 Å². The van der Waals surface area contributed by atoms with Gasteiger partial charge >= 0.3 is 0 Å². The van der Waals surface area contributed by atoms with E-state index in [1.165, 1.54) is 193 Å². The van der Waals surface area contributed by atoms with Gasteiger partial charge in [0, 0.05) is 42.4 Å². The van der Waals surface area contributed by atoms with E-state index >= 15 is 0 Å². The second kappa shape index (κ2) is 36.1. The molecule has 474 valence electrons. The quantitative estimate of drug-likeness (QED) is 0.0354. The normalized spacial score (nSPS) is 13.6. The number of thiophene rings is 4. The largest absolute Gasteiger partial charge is 0.491 e. The molecule has 0 bridgehead atoms. The number of hydrogen-bond donors (Lipinski definition) is 0. The van der Waals surface area contributed by atoms with E-state index in [4.69, 9.17) is 29.1 Å². The van der Waals surface area contributed by atoms with Gasteiger partial charge in [-0.3, -0.25) is 0 Å². The molecule has 8 rings (SSSR count). The van der Waals surface area contributed by atoms with Crippen LogP contribution in [-0.2, 0) is 0 Å². The van der Waals surface area contributed by atoms with Crippen molar-refractivity contribution in [1.82, 2.24) is 15.0 Å². The number of unbranched alkanes of at least 4 members (excludes halogenated alkanes) is 14. The van der Waals surface area contributed by atoms with Gasteiger partial charge in [-0.1, -0.05) is 235 Å². The molecule has 0 saturated heterocycles. The maximum atomic E-state index is 7.17. The summed E-state index contributed by atoms with van der Waals surface area (Å²) >= 11 is 7.29. The summed E-state index contributed by atoms with van der Waals surface area (Å²) in [4.78, 5) is 4.56. The maximum absolute atomic E-state index is 7.17. The molecular formula is C75H111N3O4S4. The van der Waals surface area contributed by atoms with Crippen LogP contribution in [0.2, 0.25) is 0 Å². The van der Waals surface area contributed by atoms with Gasteiger partial charge in [-0.15, -0.1) is 45.3 Å². The fourth-order valence-electron chi connectivity index (χ4n) is 12.8. The minimum absolute atomic E-state index is 0.223. The molecule has 5 aromatic heterocycles. The molecule has 4 atom stereocenters. The first kappa shape index (κ1) is 68.0. The van der Waals surface area contributed by atoms with Gasteiger partial charge in [0.15, 0.2) is 0 Å². The summed E-state index contributed by atoms with van der Waals surface area (Å²) in [6.07, 6.45) is 36.4. The van der Waals surface area contributed by atoms with Gasteiger partial charge in [-0.25, -0.2) is 0 Å². The standard InChI is InChI=1S/C75H111N3O4S4/c1-11-21-27-29-31-33-39-57(40-34-32-30-28-22-12-2)78-76-66-58(64-47-62-70(81-51-55(19-9)37-25-15-5)72-60(43-45-83-72)68(74(62)85-64)79-49-53(17-7)35-23-13-3)41-42-59(67(66)77-78)65-48-63-71(82-52-56(20-10)38-26-16-6)73-61(44-46-84-73)69(75(63)86-65)80-50-54(18-8)36-24-14-4/h41-48,53-57H,11-40,49-52H2,1-10H3. The highest BCUT2D eigenvalue weighted by Crippen LogP contribution is 2.54. The minimum Gasteiger partial charge on any atom is -0.491 e. The predicted octanol–water partition coefficient (Wildman–Crippen LogP) is 26.0. The van der Waals surface area contributed by atoms with Gasteiger partial charge in [0.05, 0.1) is 51.3 Å². The summed E-state index contributed by atoms with van der Waals surface area (Å²) in [5.74, 6) is 6.07. The first-order valence-corrected chi connectivity index (χ1v) is 38.5. The Hall–Kier alpha value is -3.90. The van der Waals surface area contributed by atoms with E-state index < -0.39 is 0 Å². The average molecular weight is 1250 g/mol. The molecule has 0 fully saturated rings. The maximum Gasteiger partial charge on any atom is 0.146 e. The van der Waals surface area contributed by atoms with Gasteiger partial charge in [0.25, 0.3) is 0 Å². The number of fused-ring (bicyclic) bond motifs is 5. The lowest BCUT2D eigenvalue weighted by molar-refractivity contribution is 0.235. The molecule has 7 nitrogen and oxygen atoms in total. The molecule has 0 aliphatic rings. The van der Waals surface area contributed by atoms with E-state index in [2.05, 4.69) is 121 Å². The zero-order valence-corrected chi connectivity index (χ0v) is 58.4. The van der Waals surface area contributed by atoms with E-state index in [1.54, 1.807) is 22.7 Å². The summed E-state index contributed by atoms with van der Waals surface area (Å²) in [6, 6.07) is 14.4. The van der Waals surface area contributed by atoms with E-state index in [9.17, 15) is 0 Å². The summed E-state index contributed by atoms with van der Waals surface area (Å²) in [7, 11) is 0. The Kier molecular flexibility index (Phi) is 28.5. The van der Waals surface area contributed by atoms with Crippen molar-refractivity contribution in [2.75, 3.05) is 26.4 Å². The lowest BCUT2D eigenvalue weighted by Gasteiger charge is -2.19. The lowest BCUT2D eigenvalue weighted by Crippen LogP contribution is -2.13. The number of benzene rings is 3. The van der Waals surface area contributed by atoms with Crippen LogP contribution in [0.25, 0.3) is 72.3 Å². The van der Waals surface area contributed by atoms with Crippen molar-refractivity contribution in [2.45, 2.75) is 268 Å². The molecule has 8 aromatic rings. The van der Waals surface area contributed by atoms with Crippen LogP contribution in [-0.4, -0.2) is 41.4 Å². The third-order valence-corrected chi connectivity index (χ3v) is 23.0. The Morgan fingerprint density at radius 3 is 1.02 bits per heavy atom. The van der Waals surface area contributed by atoms with Crippen molar-refractivity contribution < 1.29 is 18.9 Å². The van der Waals surface area contributed by atoms with Crippen LogP contribution in [0.4, 0.5) is 0 Å². The topological polar surface area (TPSA) is 67.6 Å². The molecule has 0 amide bonds. The molecule has 0 aliphatic carbocycles. The smallest absolute Gasteiger partial charge is 0.146 e. The van der Waals surface area contributed by atoms with Crippen molar-refractivity contribution in [3.8, 4) is 43.9 Å². The predicted molar refractivity (Wildman–Crippen MR) is 380 cm³/mol. The highest BCUT2D eigenvalue weighted by Gasteiger charge is 2.28. The molecule has 0 radical (unpaired) electrons. The highest BCUT2D eigenvalue weighted by molar-refractivity contribution is 7.24. The van der Waals surface area contributed by atoms with Crippen molar-refractivity contribution in [2.24, 2.45) is 23.7 Å².